The van der Waals surface area contributed by atoms with E-state index in [4.69, 9.17) is 5.73 Å². The van der Waals surface area contributed by atoms with Crippen LogP contribution in [0.5, 0.6) is 0 Å². The molecular formula is C14H18N4. The van der Waals surface area contributed by atoms with Crippen LogP contribution < -0.4 is 10.6 Å². The van der Waals surface area contributed by atoms with Crippen molar-refractivity contribution in [2.24, 2.45) is 11.7 Å². The maximum absolute atomic E-state index is 5.80. The fourth-order valence-corrected chi connectivity index (χ4v) is 2.72. The van der Waals surface area contributed by atoms with E-state index in [1.165, 1.54) is 23.9 Å². The molecular weight excluding hydrogens is 224 g/mol. The molecule has 3 rings (SSSR count). The summed E-state index contributed by atoms with van der Waals surface area (Å²) in [5.41, 5.74) is 7.96. The van der Waals surface area contributed by atoms with Gasteiger partial charge < -0.3 is 10.6 Å². The van der Waals surface area contributed by atoms with Gasteiger partial charge in [0.15, 0.2) is 0 Å². The van der Waals surface area contributed by atoms with Crippen LogP contribution in [0.4, 0.5) is 5.69 Å². The van der Waals surface area contributed by atoms with Crippen molar-refractivity contribution in [1.82, 2.24) is 10.2 Å². The minimum atomic E-state index is 0.602. The molecule has 0 radical (unpaired) electrons. The molecule has 1 aliphatic heterocycles. The second-order valence-corrected chi connectivity index (χ2v) is 4.94. The monoisotopic (exact) mass is 242 g/mol. The molecule has 1 unspecified atom stereocenters. The van der Waals surface area contributed by atoms with E-state index < -0.39 is 0 Å². The zero-order valence-corrected chi connectivity index (χ0v) is 10.4. The fourth-order valence-electron chi connectivity index (χ4n) is 2.72. The molecule has 1 atom stereocenters. The molecule has 1 aliphatic rings. The van der Waals surface area contributed by atoms with Crippen LogP contribution in [-0.2, 0) is 0 Å². The van der Waals surface area contributed by atoms with Crippen LogP contribution >= 0.6 is 0 Å². The van der Waals surface area contributed by atoms with E-state index in [-0.39, 0.29) is 0 Å². The molecule has 1 fully saturated rings. The van der Waals surface area contributed by atoms with Gasteiger partial charge in [-0.3, -0.25) is 0 Å². The Morgan fingerprint density at radius 1 is 1.33 bits per heavy atom. The van der Waals surface area contributed by atoms with Crippen LogP contribution in [0.3, 0.4) is 0 Å². The molecule has 2 aromatic rings. The third-order valence-electron chi connectivity index (χ3n) is 3.72. The maximum Gasteiger partial charge on any atom is 0.0950 e. The van der Waals surface area contributed by atoms with Gasteiger partial charge in [-0.1, -0.05) is 18.2 Å². The second-order valence-electron chi connectivity index (χ2n) is 4.94. The Kier molecular flexibility index (Phi) is 3.11. The first-order chi connectivity index (χ1) is 8.88. The summed E-state index contributed by atoms with van der Waals surface area (Å²) in [5.74, 6) is 0.602. The highest BCUT2D eigenvalue weighted by Gasteiger charge is 2.20. The Bertz CT molecular complexity index is 535. The van der Waals surface area contributed by atoms with Crippen molar-refractivity contribution in [3.8, 4) is 0 Å². The summed E-state index contributed by atoms with van der Waals surface area (Å²) in [4.78, 5) is 2.40. The predicted molar refractivity (Wildman–Crippen MR) is 73.5 cm³/mol. The summed E-state index contributed by atoms with van der Waals surface area (Å²) < 4.78 is 0. The highest BCUT2D eigenvalue weighted by molar-refractivity contribution is 5.90. The van der Waals surface area contributed by atoms with Gasteiger partial charge in [0.25, 0.3) is 0 Å². The van der Waals surface area contributed by atoms with Gasteiger partial charge in [0.05, 0.1) is 17.4 Å². The van der Waals surface area contributed by atoms with Gasteiger partial charge in [0.1, 0.15) is 0 Å². The van der Waals surface area contributed by atoms with Crippen LogP contribution in [0, 0.1) is 5.92 Å². The van der Waals surface area contributed by atoms with E-state index in [1.807, 2.05) is 18.3 Å². The number of hydrogen-bond donors (Lipinski definition) is 1. The third kappa shape index (κ3) is 2.04. The van der Waals surface area contributed by atoms with Crippen molar-refractivity contribution >= 4 is 16.6 Å². The van der Waals surface area contributed by atoms with Crippen LogP contribution in [0.2, 0.25) is 0 Å². The average Bonchev–Trinajstić information content (AvgIpc) is 2.47. The molecule has 94 valence electrons. The second kappa shape index (κ2) is 4.90. The molecule has 0 spiro atoms. The minimum Gasteiger partial charge on any atom is -0.369 e. The Balaban J connectivity index is 1.98. The van der Waals surface area contributed by atoms with Crippen molar-refractivity contribution in [3.63, 3.8) is 0 Å². The van der Waals surface area contributed by atoms with Crippen molar-refractivity contribution in [2.75, 3.05) is 24.5 Å². The predicted octanol–water partition coefficient (Wildman–Crippen LogP) is 1.80. The van der Waals surface area contributed by atoms with E-state index in [1.54, 1.807) is 0 Å². The van der Waals surface area contributed by atoms with Crippen molar-refractivity contribution in [1.29, 1.82) is 0 Å². The third-order valence-corrected chi connectivity index (χ3v) is 3.72. The number of aromatic nitrogens is 2. The van der Waals surface area contributed by atoms with E-state index in [0.717, 1.165) is 25.2 Å². The normalized spacial score (nSPS) is 20.3. The molecule has 1 saturated heterocycles. The standard InChI is InChI=1S/C14H18N4/c15-8-11-4-3-7-18(10-11)14-9-16-17-13-6-2-1-5-12(13)14/h1-2,5-6,9,11H,3-4,7-8,10,15H2. The first-order valence-corrected chi connectivity index (χ1v) is 6.54. The number of fused-ring (bicyclic) bond motifs is 1. The molecule has 1 aromatic carbocycles. The number of piperidine rings is 1. The molecule has 2 N–H and O–H groups in total. The van der Waals surface area contributed by atoms with Gasteiger partial charge in [-0.2, -0.15) is 10.2 Å². The summed E-state index contributed by atoms with van der Waals surface area (Å²) in [6.07, 6.45) is 4.32. The van der Waals surface area contributed by atoms with Crippen molar-refractivity contribution < 1.29 is 0 Å². The van der Waals surface area contributed by atoms with Crippen molar-refractivity contribution in [3.05, 3.63) is 30.5 Å². The van der Waals surface area contributed by atoms with Crippen LogP contribution in [-0.4, -0.2) is 29.8 Å². The van der Waals surface area contributed by atoms with Gasteiger partial charge in [0.2, 0.25) is 0 Å². The minimum absolute atomic E-state index is 0.602. The average molecular weight is 242 g/mol. The first-order valence-electron chi connectivity index (χ1n) is 6.54. The number of anilines is 1. The maximum atomic E-state index is 5.80. The summed E-state index contributed by atoms with van der Waals surface area (Å²) >= 11 is 0. The molecule has 2 heterocycles. The lowest BCUT2D eigenvalue weighted by Crippen LogP contribution is -2.38. The topological polar surface area (TPSA) is 55.0 Å². The number of rotatable bonds is 2. The molecule has 18 heavy (non-hydrogen) atoms. The Labute approximate surface area is 107 Å². The molecule has 4 heteroatoms. The van der Waals surface area contributed by atoms with Gasteiger partial charge in [-0.15, -0.1) is 0 Å². The summed E-state index contributed by atoms with van der Waals surface area (Å²) in [7, 11) is 0. The number of nitrogens with zero attached hydrogens (tertiary/aromatic N) is 3. The zero-order valence-electron chi connectivity index (χ0n) is 10.4. The van der Waals surface area contributed by atoms with Gasteiger partial charge in [-0.25, -0.2) is 0 Å². The van der Waals surface area contributed by atoms with E-state index in [0.29, 0.717) is 5.92 Å². The summed E-state index contributed by atoms with van der Waals surface area (Å²) in [6.45, 7) is 2.89. The SMILES string of the molecule is NCC1CCCN(c2cnnc3ccccc23)C1. The Morgan fingerprint density at radius 3 is 3.11 bits per heavy atom. The number of nitrogens with two attached hydrogens (primary N) is 1. The summed E-state index contributed by atoms with van der Waals surface area (Å²) in [6, 6.07) is 8.18. The first kappa shape index (κ1) is 11.4. The Hall–Kier alpha value is -1.68. The highest BCUT2D eigenvalue weighted by atomic mass is 15.2. The van der Waals surface area contributed by atoms with Gasteiger partial charge in [0, 0.05) is 18.5 Å². The number of hydrogen-bond acceptors (Lipinski definition) is 4. The number of benzene rings is 1. The molecule has 0 aliphatic carbocycles. The van der Waals surface area contributed by atoms with Gasteiger partial charge in [-0.05, 0) is 31.4 Å². The largest absolute Gasteiger partial charge is 0.369 e. The lowest BCUT2D eigenvalue weighted by atomic mass is 9.97. The lowest BCUT2D eigenvalue weighted by molar-refractivity contribution is 0.424. The molecule has 0 saturated carbocycles. The van der Waals surface area contributed by atoms with Crippen molar-refractivity contribution in [2.45, 2.75) is 12.8 Å². The molecule has 0 amide bonds. The molecule has 4 nitrogen and oxygen atoms in total. The molecule has 0 bridgehead atoms. The van der Waals surface area contributed by atoms with E-state index in [9.17, 15) is 0 Å². The van der Waals surface area contributed by atoms with Crippen LogP contribution in [0.25, 0.3) is 10.9 Å². The lowest BCUT2D eigenvalue weighted by Gasteiger charge is -2.34. The smallest absolute Gasteiger partial charge is 0.0950 e. The van der Waals surface area contributed by atoms with Crippen LogP contribution in [0.1, 0.15) is 12.8 Å². The fraction of sp³-hybridized carbons (Fsp3) is 0.429. The van der Waals surface area contributed by atoms with E-state index in [2.05, 4.69) is 27.2 Å². The van der Waals surface area contributed by atoms with Gasteiger partial charge >= 0.3 is 0 Å². The summed E-state index contributed by atoms with van der Waals surface area (Å²) in [5, 5.41) is 9.48. The van der Waals surface area contributed by atoms with Crippen LogP contribution in [0.15, 0.2) is 30.5 Å². The highest BCUT2D eigenvalue weighted by Crippen LogP contribution is 2.28. The van der Waals surface area contributed by atoms with E-state index >= 15 is 0 Å². The quantitative estimate of drug-likeness (QED) is 0.872. The molecule has 1 aromatic heterocycles. The Morgan fingerprint density at radius 2 is 2.22 bits per heavy atom. The zero-order chi connectivity index (χ0) is 12.4.